The van der Waals surface area contributed by atoms with Gasteiger partial charge in [-0.05, 0) is 74.9 Å². The number of carbonyl (C=O) groups is 4. The standard InChI is InChI=1S/C40H59N9O6/c1-9-47-34-15-14-29(20-31(34)32(21-40(5,6)23-55-25-51)37(47)30-13-12-16-43-35(30)27(4)54-8)48(42)22-28(41)19-33(39(53)49-18-11-10-17-44-49)45-38(52)36(26(2)3)46(7)24-50/h12-16,20,22,24-27,33,36,44H,9-11,17-19,21,23,41-42H2,1-8H3,(H,45,52)/b28-22-. The molecule has 1 aliphatic rings. The van der Waals surface area contributed by atoms with Gasteiger partial charge in [0.2, 0.25) is 12.3 Å². The first-order valence-corrected chi connectivity index (χ1v) is 18.9. The molecule has 3 amide bonds. The predicted molar refractivity (Wildman–Crippen MR) is 213 cm³/mol. The number of anilines is 1. The Morgan fingerprint density at radius 2 is 1.91 bits per heavy atom. The summed E-state index contributed by atoms with van der Waals surface area (Å²) < 4.78 is 13.2. The van der Waals surface area contributed by atoms with Crippen LogP contribution in [0.25, 0.3) is 22.2 Å². The van der Waals surface area contributed by atoms with Crippen LogP contribution >= 0.6 is 0 Å². The van der Waals surface area contributed by atoms with Crippen molar-refractivity contribution in [2.75, 3.05) is 38.9 Å². The Labute approximate surface area is 324 Å². The van der Waals surface area contributed by atoms with Gasteiger partial charge in [-0.25, -0.2) is 11.3 Å². The third-order valence-corrected chi connectivity index (χ3v) is 10.0. The van der Waals surface area contributed by atoms with Crippen LogP contribution in [-0.4, -0.2) is 90.1 Å². The monoisotopic (exact) mass is 761 g/mol. The van der Waals surface area contributed by atoms with E-state index in [-0.39, 0.29) is 36.7 Å². The number of benzene rings is 1. The maximum Gasteiger partial charge on any atom is 0.293 e. The van der Waals surface area contributed by atoms with E-state index in [1.54, 1.807) is 19.5 Å². The van der Waals surface area contributed by atoms with Gasteiger partial charge in [0.15, 0.2) is 0 Å². The first-order valence-electron chi connectivity index (χ1n) is 18.9. The van der Waals surface area contributed by atoms with Crippen molar-refractivity contribution < 1.29 is 28.7 Å². The molecule has 3 aromatic rings. The molecule has 2 aromatic heterocycles. The maximum absolute atomic E-state index is 13.8. The van der Waals surface area contributed by atoms with Crippen molar-refractivity contribution in [2.45, 2.75) is 92.0 Å². The lowest BCUT2D eigenvalue weighted by atomic mass is 9.84. The number of ether oxygens (including phenoxy) is 2. The third kappa shape index (κ3) is 10.2. The van der Waals surface area contributed by atoms with Crippen LogP contribution in [0, 0.1) is 11.3 Å². The van der Waals surface area contributed by atoms with Crippen LogP contribution in [0.2, 0.25) is 0 Å². The zero-order valence-corrected chi connectivity index (χ0v) is 33.5. The van der Waals surface area contributed by atoms with Crippen molar-refractivity contribution in [2.24, 2.45) is 22.9 Å². The molecular weight excluding hydrogens is 702 g/mol. The number of pyridine rings is 1. The molecule has 1 aliphatic heterocycles. The van der Waals surface area contributed by atoms with Crippen molar-refractivity contribution >= 4 is 41.3 Å². The molecule has 3 heterocycles. The highest BCUT2D eigenvalue weighted by molar-refractivity contribution is 5.95. The van der Waals surface area contributed by atoms with Gasteiger partial charge in [0.25, 0.3) is 12.4 Å². The van der Waals surface area contributed by atoms with Gasteiger partial charge in [-0.2, -0.15) is 0 Å². The number of hydrogen-bond acceptors (Lipinski definition) is 11. The first kappa shape index (κ1) is 42.7. The van der Waals surface area contributed by atoms with Crippen molar-refractivity contribution in [3.05, 3.63) is 59.7 Å². The van der Waals surface area contributed by atoms with Crippen LogP contribution in [0.3, 0.4) is 0 Å². The fourth-order valence-electron chi connectivity index (χ4n) is 7.32. The van der Waals surface area contributed by atoms with E-state index >= 15 is 0 Å². The van der Waals surface area contributed by atoms with Gasteiger partial charge in [-0.3, -0.25) is 34.2 Å². The molecule has 3 atom stereocenters. The highest BCUT2D eigenvalue weighted by Crippen LogP contribution is 2.41. The number of likely N-dealkylation sites (N-methyl/N-ethyl adjacent to an activating group) is 1. The van der Waals surface area contributed by atoms with Gasteiger partial charge >= 0.3 is 0 Å². The van der Waals surface area contributed by atoms with E-state index in [2.05, 4.69) is 36.1 Å². The molecular formula is C40H59N9O6. The Balaban J connectivity index is 1.77. The molecule has 1 saturated heterocycles. The smallest absolute Gasteiger partial charge is 0.293 e. The lowest BCUT2D eigenvalue weighted by Gasteiger charge is -2.33. The minimum atomic E-state index is -1.02. The molecule has 0 saturated carbocycles. The fraction of sp³-hybridized carbons (Fsp3) is 0.525. The maximum atomic E-state index is 13.8. The van der Waals surface area contributed by atoms with E-state index in [9.17, 15) is 19.2 Å². The topological polar surface area (TPSA) is 190 Å². The lowest BCUT2D eigenvalue weighted by molar-refractivity contribution is -0.142. The second kappa shape index (κ2) is 19.0. The number of fused-ring (bicyclic) bond motifs is 1. The van der Waals surface area contributed by atoms with Crippen molar-refractivity contribution in [3.63, 3.8) is 0 Å². The minimum absolute atomic E-state index is 0.0255. The quantitative estimate of drug-likeness (QED) is 0.0791. The molecule has 1 fully saturated rings. The summed E-state index contributed by atoms with van der Waals surface area (Å²) in [7, 11) is 3.20. The van der Waals surface area contributed by atoms with Gasteiger partial charge < -0.3 is 30.0 Å². The van der Waals surface area contributed by atoms with Crippen LogP contribution < -0.4 is 27.3 Å². The van der Waals surface area contributed by atoms with Crippen LogP contribution in [0.4, 0.5) is 5.69 Å². The zero-order valence-electron chi connectivity index (χ0n) is 33.5. The van der Waals surface area contributed by atoms with Crippen LogP contribution in [0.5, 0.6) is 0 Å². The van der Waals surface area contributed by atoms with Crippen LogP contribution in [0.15, 0.2) is 48.4 Å². The third-order valence-electron chi connectivity index (χ3n) is 10.0. The predicted octanol–water partition coefficient (Wildman–Crippen LogP) is 3.77. The largest absolute Gasteiger partial charge is 0.467 e. The summed E-state index contributed by atoms with van der Waals surface area (Å²) in [6.07, 6.45) is 5.93. The van der Waals surface area contributed by atoms with Gasteiger partial charge in [0, 0.05) is 80.2 Å². The molecule has 15 nitrogen and oxygen atoms in total. The lowest BCUT2D eigenvalue weighted by Crippen LogP contribution is -2.58. The van der Waals surface area contributed by atoms with Crippen LogP contribution in [-0.2, 0) is 41.6 Å². The molecule has 0 radical (unpaired) electrons. The summed E-state index contributed by atoms with van der Waals surface area (Å²) in [4.78, 5) is 56.1. The van der Waals surface area contributed by atoms with Gasteiger partial charge in [-0.1, -0.05) is 27.7 Å². The molecule has 3 unspecified atom stereocenters. The zero-order chi connectivity index (χ0) is 40.4. The SMILES string of the molecule is CCn1c(-c2cccnc2C(C)OC)c(CC(C)(C)COC=O)c2cc(N(N)/C=C(\N)CC(NC(=O)C(C(C)C)N(C)C=O)C(=O)N3CCCCN3)ccc21. The van der Waals surface area contributed by atoms with E-state index < -0.39 is 23.4 Å². The van der Waals surface area contributed by atoms with Gasteiger partial charge in [-0.15, -0.1) is 0 Å². The first-order chi connectivity index (χ1) is 26.2. The highest BCUT2D eigenvalue weighted by atomic mass is 16.5. The molecule has 55 heavy (non-hydrogen) atoms. The number of aryl methyl sites for hydroxylation is 1. The Morgan fingerprint density at radius 3 is 2.53 bits per heavy atom. The number of nitrogens with one attached hydrogen (secondary N) is 2. The molecule has 300 valence electrons. The summed E-state index contributed by atoms with van der Waals surface area (Å²) in [5.41, 5.74) is 14.9. The van der Waals surface area contributed by atoms with E-state index in [4.69, 9.17) is 26.0 Å². The number of hydrogen-bond donors (Lipinski definition) is 4. The summed E-state index contributed by atoms with van der Waals surface area (Å²) in [6, 6.07) is 8.08. The minimum Gasteiger partial charge on any atom is -0.467 e. The van der Waals surface area contributed by atoms with E-state index in [1.807, 2.05) is 51.1 Å². The molecule has 0 bridgehead atoms. The second-order valence-electron chi connectivity index (χ2n) is 15.3. The summed E-state index contributed by atoms with van der Waals surface area (Å²) in [6.45, 7) is 14.3. The molecule has 0 aliphatic carbocycles. The summed E-state index contributed by atoms with van der Waals surface area (Å²) >= 11 is 0. The Kier molecular flexibility index (Phi) is 14.8. The normalized spacial score (nSPS) is 15.4. The van der Waals surface area contributed by atoms with Crippen LogP contribution in [0.1, 0.15) is 78.2 Å². The Morgan fingerprint density at radius 1 is 1.16 bits per heavy atom. The van der Waals surface area contributed by atoms with Gasteiger partial charge in [0.1, 0.15) is 12.1 Å². The average Bonchev–Trinajstić information content (AvgIpc) is 3.47. The Hall–Kier alpha value is -4.99. The van der Waals surface area contributed by atoms with E-state index in [0.717, 1.165) is 46.3 Å². The number of nitrogens with two attached hydrogens (primary N) is 2. The van der Waals surface area contributed by atoms with E-state index in [0.29, 0.717) is 44.6 Å². The second-order valence-corrected chi connectivity index (χ2v) is 15.3. The summed E-state index contributed by atoms with van der Waals surface area (Å²) in [5, 5.41) is 6.75. The van der Waals surface area contributed by atoms with Crippen molar-refractivity contribution in [3.8, 4) is 11.3 Å². The number of rotatable bonds is 19. The number of amides is 3. The summed E-state index contributed by atoms with van der Waals surface area (Å²) in [5.74, 6) is 5.70. The number of aromatic nitrogens is 2. The molecule has 1 aromatic carbocycles. The van der Waals surface area contributed by atoms with Crippen molar-refractivity contribution in [1.29, 1.82) is 0 Å². The number of methoxy groups -OCH3 is 1. The molecule has 6 N–H and O–H groups in total. The van der Waals surface area contributed by atoms with Crippen molar-refractivity contribution in [1.82, 2.24) is 30.2 Å². The Bertz CT molecular complexity index is 1830. The average molecular weight is 762 g/mol. The fourth-order valence-corrected chi connectivity index (χ4v) is 7.32. The number of nitrogens with zero attached hydrogens (tertiary/aromatic N) is 5. The molecule has 4 rings (SSSR count). The highest BCUT2D eigenvalue weighted by Gasteiger charge is 2.33. The molecule has 0 spiro atoms. The van der Waals surface area contributed by atoms with E-state index in [1.165, 1.54) is 22.0 Å². The van der Waals surface area contributed by atoms with Gasteiger partial charge in [0.05, 0.1) is 29.8 Å². The number of carbonyl (C=O) groups excluding carboxylic acids is 4. The molecule has 15 heteroatoms. The number of hydrazine groups is 2.